The fraction of sp³-hybridized carbons (Fsp3) is 0.600. The van der Waals surface area contributed by atoms with Gasteiger partial charge in [-0.1, -0.05) is 39.5 Å². The molecule has 0 amide bonds. The molecule has 0 bridgehead atoms. The van der Waals surface area contributed by atoms with Crippen LogP contribution in [0.1, 0.15) is 39.5 Å². The van der Waals surface area contributed by atoms with E-state index < -0.39 is 0 Å². The summed E-state index contributed by atoms with van der Waals surface area (Å²) in [5, 5.41) is 0. The Morgan fingerprint density at radius 3 is 2.38 bits per heavy atom. The number of halogens is 2. The molecule has 0 fully saturated rings. The average molecular weight is 352 g/mol. The molecule has 1 aliphatic rings. The topological polar surface area (TPSA) is 0 Å². The van der Waals surface area contributed by atoms with Gasteiger partial charge in [-0.15, -0.1) is 0 Å². The summed E-state index contributed by atoms with van der Waals surface area (Å²) in [6, 6.07) is 0. The van der Waals surface area contributed by atoms with Crippen LogP contribution in [0.2, 0.25) is 0 Å². The van der Waals surface area contributed by atoms with Crippen LogP contribution in [0, 0.1) is 6.08 Å². The Balaban J connectivity index is -0.000000333. The van der Waals surface area contributed by atoms with E-state index in [2.05, 4.69) is 26.0 Å². The minimum absolute atomic E-state index is 0. The zero-order valence-electron chi connectivity index (χ0n) is 8.16. The van der Waals surface area contributed by atoms with E-state index in [1.807, 2.05) is 0 Å². The fourth-order valence-corrected chi connectivity index (χ4v) is 1.18. The van der Waals surface area contributed by atoms with Gasteiger partial charge >= 0.3 is 0 Å². The molecule has 0 spiro atoms. The number of hydrogen-bond acceptors (Lipinski definition) is 0. The molecule has 0 aliphatic heterocycles. The van der Waals surface area contributed by atoms with Crippen LogP contribution < -0.4 is 9.41 Å². The van der Waals surface area contributed by atoms with Crippen molar-refractivity contribution >= 4 is 0 Å². The summed E-state index contributed by atoms with van der Waals surface area (Å²) in [7, 11) is 0. The summed E-state index contributed by atoms with van der Waals surface area (Å²) in [6.07, 6.45) is 10.6. The molecule has 0 aromatic rings. The average Bonchev–Trinajstić information content (AvgIpc) is 2.31. The van der Waals surface area contributed by atoms with E-state index in [-0.39, 0.29) is 35.3 Å². The Labute approximate surface area is 98.0 Å². The van der Waals surface area contributed by atoms with Crippen LogP contribution in [0.3, 0.4) is 0 Å². The van der Waals surface area contributed by atoms with Crippen LogP contribution >= 0.6 is 0 Å². The second-order valence-corrected chi connectivity index (χ2v) is 2.94. The second-order valence-electron chi connectivity index (χ2n) is 2.94. The first kappa shape index (κ1) is 18.9. The van der Waals surface area contributed by atoms with Gasteiger partial charge in [-0.3, -0.25) is 0 Å². The molecule has 0 N–H and O–H groups in total. The largest absolute Gasteiger partial charge is 1.00 e. The van der Waals surface area contributed by atoms with E-state index >= 15 is 0 Å². The Morgan fingerprint density at radius 2 is 2.00 bits per heavy atom. The molecule has 0 heterocycles. The molecule has 0 unspecified atom stereocenters. The third kappa shape index (κ3) is 7.29. The van der Waals surface area contributed by atoms with E-state index in [0.717, 1.165) is 6.42 Å². The van der Waals surface area contributed by atoms with Gasteiger partial charge in [0.25, 0.3) is 0 Å². The quantitative estimate of drug-likeness (QED) is 0.382. The first-order chi connectivity index (χ1) is 4.83. The van der Waals surface area contributed by atoms with Crippen molar-refractivity contribution in [1.29, 1.82) is 0 Å². The SMILES string of the molecule is CCCCC1=CCC(C)=[C-]1.[F-].[F-].[Hf]. The summed E-state index contributed by atoms with van der Waals surface area (Å²) in [4.78, 5) is 0. The summed E-state index contributed by atoms with van der Waals surface area (Å²) in [5.74, 6) is 0. The normalized spacial score (nSPS) is 13.1. The molecule has 1 aliphatic carbocycles. The van der Waals surface area contributed by atoms with Gasteiger partial charge in [0, 0.05) is 25.8 Å². The molecule has 0 saturated heterocycles. The van der Waals surface area contributed by atoms with Crippen molar-refractivity contribution in [3.63, 3.8) is 0 Å². The number of unbranched alkanes of at least 4 members (excludes halogenated alkanes) is 1. The van der Waals surface area contributed by atoms with Gasteiger partial charge in [0.1, 0.15) is 0 Å². The molecule has 76 valence electrons. The number of hydrogen-bond donors (Lipinski definition) is 0. The fourth-order valence-electron chi connectivity index (χ4n) is 1.18. The van der Waals surface area contributed by atoms with Crippen LogP contribution in [0.15, 0.2) is 17.2 Å². The Morgan fingerprint density at radius 1 is 1.38 bits per heavy atom. The first-order valence-corrected chi connectivity index (χ1v) is 4.11. The first-order valence-electron chi connectivity index (χ1n) is 4.11. The maximum Gasteiger partial charge on any atom is 0 e. The van der Waals surface area contributed by atoms with Crippen LogP contribution in [-0.2, 0) is 25.8 Å². The van der Waals surface area contributed by atoms with Gasteiger partial charge in [0.15, 0.2) is 0 Å². The van der Waals surface area contributed by atoms with E-state index in [4.69, 9.17) is 0 Å². The molecule has 0 nitrogen and oxygen atoms in total. The summed E-state index contributed by atoms with van der Waals surface area (Å²) in [6.45, 7) is 4.38. The van der Waals surface area contributed by atoms with Crippen LogP contribution in [0.5, 0.6) is 0 Å². The van der Waals surface area contributed by atoms with Gasteiger partial charge in [-0.2, -0.15) is 5.57 Å². The standard InChI is InChI=1S/C10H15.2FH.Hf/c1-3-4-5-10-7-6-9(2)8-10;;;/h7H,3-6H2,1-2H3;2*1H;/q-1;;;/p-2. The van der Waals surface area contributed by atoms with E-state index in [1.54, 1.807) is 0 Å². The molecule has 3 heteroatoms. The smallest absolute Gasteiger partial charge is 0 e. The molecular weight excluding hydrogens is 337 g/mol. The molecule has 13 heavy (non-hydrogen) atoms. The van der Waals surface area contributed by atoms with Gasteiger partial charge < -0.3 is 9.41 Å². The van der Waals surface area contributed by atoms with Crippen molar-refractivity contribution < 1.29 is 35.3 Å². The number of allylic oxidation sites excluding steroid dienone is 4. The van der Waals surface area contributed by atoms with Crippen LogP contribution in [0.25, 0.3) is 0 Å². The van der Waals surface area contributed by atoms with Crippen molar-refractivity contribution in [2.24, 2.45) is 0 Å². The van der Waals surface area contributed by atoms with E-state index in [9.17, 15) is 0 Å². The predicted octanol–water partition coefficient (Wildman–Crippen LogP) is -2.74. The maximum atomic E-state index is 3.37. The molecule has 0 radical (unpaired) electrons. The van der Waals surface area contributed by atoms with Gasteiger partial charge in [-0.05, 0) is 0 Å². The molecule has 0 saturated carbocycles. The van der Waals surface area contributed by atoms with Crippen molar-refractivity contribution in [2.45, 2.75) is 39.5 Å². The van der Waals surface area contributed by atoms with Crippen LogP contribution in [-0.4, -0.2) is 0 Å². The molecule has 0 atom stereocenters. The minimum atomic E-state index is 0. The summed E-state index contributed by atoms with van der Waals surface area (Å²) < 4.78 is 0. The Kier molecular flexibility index (Phi) is 15.0. The molecule has 1 rings (SSSR count). The van der Waals surface area contributed by atoms with Crippen molar-refractivity contribution in [3.8, 4) is 0 Å². The molecule has 0 aromatic carbocycles. The van der Waals surface area contributed by atoms with E-state index in [1.165, 1.54) is 30.4 Å². The van der Waals surface area contributed by atoms with Crippen molar-refractivity contribution in [3.05, 3.63) is 23.3 Å². The second kappa shape index (κ2) is 10.3. The van der Waals surface area contributed by atoms with Crippen LogP contribution in [0.4, 0.5) is 0 Å². The third-order valence-electron chi connectivity index (χ3n) is 1.83. The monoisotopic (exact) mass is 353 g/mol. The summed E-state index contributed by atoms with van der Waals surface area (Å²) >= 11 is 0. The third-order valence-corrected chi connectivity index (χ3v) is 1.83. The van der Waals surface area contributed by atoms with E-state index in [0.29, 0.717) is 0 Å². The van der Waals surface area contributed by atoms with Gasteiger partial charge in [-0.25, -0.2) is 17.7 Å². The maximum absolute atomic E-state index is 3.37. The summed E-state index contributed by atoms with van der Waals surface area (Å²) in [5.41, 5.74) is 2.82. The van der Waals surface area contributed by atoms with Crippen molar-refractivity contribution in [1.82, 2.24) is 0 Å². The van der Waals surface area contributed by atoms with Crippen molar-refractivity contribution in [2.75, 3.05) is 0 Å². The predicted molar refractivity (Wildman–Crippen MR) is 44.7 cm³/mol. The van der Waals surface area contributed by atoms with Gasteiger partial charge in [0.05, 0.1) is 0 Å². The Bertz CT molecular complexity index is 174. The minimum Gasteiger partial charge on any atom is -1.00 e. The Hall–Kier alpha value is 0.210. The zero-order valence-corrected chi connectivity index (χ0v) is 11.8. The molecular formula is C10H15F2Hf-3. The van der Waals surface area contributed by atoms with Gasteiger partial charge in [0.2, 0.25) is 0 Å². The number of rotatable bonds is 3. The molecule has 0 aromatic heterocycles. The zero-order chi connectivity index (χ0) is 7.40.